The van der Waals surface area contributed by atoms with E-state index < -0.39 is 36.6 Å². The lowest BCUT2D eigenvalue weighted by Crippen LogP contribution is -2.41. The van der Waals surface area contributed by atoms with Crippen LogP contribution in [0.4, 0.5) is 0 Å². The number of benzene rings is 5. The number of unbranched alkanes of at least 4 members (excludes halogenated alkanes) is 18. The third-order valence-electron chi connectivity index (χ3n) is 16.3. The van der Waals surface area contributed by atoms with Crippen LogP contribution in [0.1, 0.15) is 209 Å². The molecule has 0 N–H and O–H groups in total. The summed E-state index contributed by atoms with van der Waals surface area (Å²) >= 11 is 0. The van der Waals surface area contributed by atoms with Crippen molar-refractivity contribution in [3.63, 3.8) is 0 Å². The van der Waals surface area contributed by atoms with Crippen LogP contribution in [0.2, 0.25) is 0 Å². The summed E-state index contributed by atoms with van der Waals surface area (Å²) in [5, 5.41) is 4.85. The minimum Gasteiger partial charge on any atom is -0.399 e. The molecule has 68 heavy (non-hydrogen) atoms. The quantitative estimate of drug-likeness (QED) is 0.0315. The molecule has 0 atom stereocenters. The van der Waals surface area contributed by atoms with Crippen molar-refractivity contribution in [2.45, 2.75) is 233 Å². The van der Waals surface area contributed by atoms with E-state index in [0.29, 0.717) is 0 Å². The van der Waals surface area contributed by atoms with E-state index in [2.05, 4.69) is 154 Å². The van der Waals surface area contributed by atoms with Crippen molar-refractivity contribution in [1.29, 1.82) is 0 Å². The molecule has 2 aliphatic rings. The second-order valence-corrected chi connectivity index (χ2v) is 22.8. The second kappa shape index (κ2) is 23.7. The Morgan fingerprint density at radius 1 is 0.324 bits per heavy atom. The van der Waals surface area contributed by atoms with Crippen molar-refractivity contribution in [3.05, 3.63) is 96.1 Å². The van der Waals surface area contributed by atoms with Gasteiger partial charge in [-0.2, -0.15) is 0 Å². The molecule has 0 amide bonds. The Balaban J connectivity index is 1.22. The number of hydrogen-bond donors (Lipinski definition) is 0. The highest BCUT2D eigenvalue weighted by Crippen LogP contribution is 2.45. The molecule has 2 heterocycles. The largest absolute Gasteiger partial charge is 0.494 e. The van der Waals surface area contributed by atoms with Gasteiger partial charge < -0.3 is 18.6 Å². The molecular weight excluding hydrogens is 830 g/mol. The van der Waals surface area contributed by atoms with E-state index in [1.165, 1.54) is 183 Å². The highest BCUT2D eigenvalue weighted by Gasteiger charge is 2.53. The highest BCUT2D eigenvalue weighted by molar-refractivity contribution is 6.63. The van der Waals surface area contributed by atoms with Crippen molar-refractivity contribution < 1.29 is 18.6 Å². The van der Waals surface area contributed by atoms with Gasteiger partial charge >= 0.3 is 14.2 Å². The van der Waals surface area contributed by atoms with Gasteiger partial charge in [0, 0.05) is 0 Å². The van der Waals surface area contributed by atoms with Gasteiger partial charge in [0.2, 0.25) is 0 Å². The van der Waals surface area contributed by atoms with Crippen LogP contribution in [0.15, 0.2) is 84.9 Å². The van der Waals surface area contributed by atoms with E-state index in [1.54, 1.807) is 0 Å². The lowest BCUT2D eigenvalue weighted by Gasteiger charge is -2.32. The van der Waals surface area contributed by atoms with E-state index in [9.17, 15) is 0 Å². The van der Waals surface area contributed by atoms with Crippen molar-refractivity contribution in [2.75, 3.05) is 0 Å². The lowest BCUT2D eigenvalue weighted by molar-refractivity contribution is 0.00578. The molecule has 366 valence electrons. The first kappa shape index (κ1) is 52.4. The molecule has 0 aromatic heterocycles. The van der Waals surface area contributed by atoms with Crippen LogP contribution < -0.4 is 10.9 Å². The SMILES string of the molecule is CCCCCCCCCCCCc1ccc(-c2c3ccc(B4OC(C)(C)C(C)(C)O4)cc3c(-c3ccc(CCCCCCCCCCCC)cc3)c3ccc(B4OC(C)(C)C(C)(C)O4)cc23)cc1. The van der Waals surface area contributed by atoms with E-state index >= 15 is 0 Å². The van der Waals surface area contributed by atoms with Crippen LogP contribution >= 0.6 is 0 Å². The third-order valence-corrected chi connectivity index (χ3v) is 16.3. The average molecular weight is 919 g/mol. The molecule has 0 spiro atoms. The van der Waals surface area contributed by atoms with Crippen molar-refractivity contribution in [1.82, 2.24) is 0 Å². The molecule has 5 aromatic carbocycles. The Bertz CT molecular complexity index is 2160. The molecular formula is C62H88B2O4. The van der Waals surface area contributed by atoms with Gasteiger partial charge in [-0.15, -0.1) is 0 Å². The molecule has 4 nitrogen and oxygen atoms in total. The molecule has 0 bridgehead atoms. The molecule has 2 fully saturated rings. The maximum atomic E-state index is 6.70. The number of hydrogen-bond acceptors (Lipinski definition) is 4. The summed E-state index contributed by atoms with van der Waals surface area (Å²) in [4.78, 5) is 0. The van der Waals surface area contributed by atoms with Gasteiger partial charge in [-0.3, -0.25) is 0 Å². The average Bonchev–Trinajstić information content (AvgIpc) is 3.68. The molecule has 0 saturated carbocycles. The summed E-state index contributed by atoms with van der Waals surface area (Å²) in [5.41, 5.74) is 8.08. The lowest BCUT2D eigenvalue weighted by atomic mass is 9.74. The van der Waals surface area contributed by atoms with E-state index in [4.69, 9.17) is 18.6 Å². The molecule has 7 rings (SSSR count). The fourth-order valence-electron chi connectivity index (χ4n) is 10.4. The van der Waals surface area contributed by atoms with Crippen LogP contribution in [-0.4, -0.2) is 36.6 Å². The Morgan fingerprint density at radius 3 is 0.897 bits per heavy atom. The van der Waals surface area contributed by atoms with Gasteiger partial charge in [-0.1, -0.05) is 214 Å². The molecule has 2 saturated heterocycles. The Morgan fingerprint density at radius 2 is 0.603 bits per heavy atom. The zero-order valence-electron chi connectivity index (χ0n) is 44.4. The fourth-order valence-corrected chi connectivity index (χ4v) is 10.4. The van der Waals surface area contributed by atoms with E-state index in [-0.39, 0.29) is 0 Å². The Labute approximate surface area is 414 Å². The van der Waals surface area contributed by atoms with E-state index in [1.807, 2.05) is 0 Å². The standard InChI is InChI=1S/C62H88B2O4/c1-11-13-15-17-19-21-23-25-27-29-31-47-33-37-49(38-34-47)57-53-43-41-52(64-67-61(7,8)62(9,10)68-64)46-56(53)58(54-44-42-51(45-55(54)57)63-65-59(3,4)60(5,6)66-63)50-39-35-48(36-40-50)32-30-28-26-24-22-20-18-16-14-12-2/h33-46H,11-32H2,1-10H3. The van der Waals surface area contributed by atoms with Gasteiger partial charge in [0.05, 0.1) is 22.4 Å². The van der Waals surface area contributed by atoms with Crippen LogP contribution in [0, 0.1) is 0 Å². The topological polar surface area (TPSA) is 36.9 Å². The summed E-state index contributed by atoms with van der Waals surface area (Å²) in [5.74, 6) is 0. The zero-order valence-corrected chi connectivity index (χ0v) is 44.4. The van der Waals surface area contributed by atoms with Gasteiger partial charge in [-0.25, -0.2) is 0 Å². The first-order valence-corrected chi connectivity index (χ1v) is 27.6. The van der Waals surface area contributed by atoms with Gasteiger partial charge in [0.1, 0.15) is 0 Å². The summed E-state index contributed by atoms with van der Waals surface area (Å²) in [6, 6.07) is 32.8. The maximum absolute atomic E-state index is 6.70. The molecule has 6 heteroatoms. The van der Waals surface area contributed by atoms with Crippen LogP contribution in [0.3, 0.4) is 0 Å². The molecule has 5 aromatic rings. The van der Waals surface area contributed by atoms with Crippen molar-refractivity contribution in [3.8, 4) is 22.3 Å². The minimum atomic E-state index is -0.462. The Hall–Kier alpha value is -3.41. The van der Waals surface area contributed by atoms with Crippen LogP contribution in [0.5, 0.6) is 0 Å². The molecule has 0 radical (unpaired) electrons. The fraction of sp³-hybridized carbons (Fsp3) is 0.581. The van der Waals surface area contributed by atoms with Crippen molar-refractivity contribution >= 4 is 46.7 Å². The predicted octanol–water partition coefficient (Wildman–Crippen LogP) is 16.9. The van der Waals surface area contributed by atoms with Gasteiger partial charge in [0.15, 0.2) is 0 Å². The normalized spacial score (nSPS) is 17.3. The van der Waals surface area contributed by atoms with Crippen molar-refractivity contribution in [2.24, 2.45) is 0 Å². The monoisotopic (exact) mass is 919 g/mol. The number of fused-ring (bicyclic) bond motifs is 2. The predicted molar refractivity (Wildman–Crippen MR) is 295 cm³/mol. The molecule has 2 aliphatic heterocycles. The second-order valence-electron chi connectivity index (χ2n) is 22.8. The first-order chi connectivity index (χ1) is 32.6. The molecule has 0 aliphatic carbocycles. The van der Waals surface area contributed by atoms with Gasteiger partial charge in [-0.05, 0) is 147 Å². The first-order valence-electron chi connectivity index (χ1n) is 27.6. The number of rotatable bonds is 26. The number of aryl methyl sites for hydroxylation is 2. The summed E-state index contributed by atoms with van der Waals surface area (Å²) < 4.78 is 26.8. The summed E-state index contributed by atoms with van der Waals surface area (Å²) in [6.45, 7) is 21.7. The smallest absolute Gasteiger partial charge is 0.399 e. The van der Waals surface area contributed by atoms with Crippen LogP contribution in [0.25, 0.3) is 43.8 Å². The molecule has 0 unspecified atom stereocenters. The van der Waals surface area contributed by atoms with Crippen LogP contribution in [-0.2, 0) is 31.5 Å². The van der Waals surface area contributed by atoms with E-state index in [0.717, 1.165) is 23.8 Å². The summed E-state index contributed by atoms with van der Waals surface area (Å²) in [7, 11) is -0.925. The maximum Gasteiger partial charge on any atom is 0.494 e. The minimum absolute atomic E-state index is 0.437. The third kappa shape index (κ3) is 12.7. The highest BCUT2D eigenvalue weighted by atomic mass is 16.7. The van der Waals surface area contributed by atoms with Gasteiger partial charge in [0.25, 0.3) is 0 Å². The summed E-state index contributed by atoms with van der Waals surface area (Å²) in [6.07, 6.45) is 29.4. The zero-order chi connectivity index (χ0) is 48.4. The Kier molecular flexibility index (Phi) is 18.2.